The Morgan fingerprint density at radius 1 is 1.90 bits per heavy atom. The predicted octanol–water partition coefficient (Wildman–Crippen LogP) is 0.123. The fourth-order valence-corrected chi connectivity index (χ4v) is 1.18. The Morgan fingerprint density at radius 2 is 2.70 bits per heavy atom. The van der Waals surface area contributed by atoms with Crippen molar-refractivity contribution in [2.24, 2.45) is 5.73 Å². The quantitative estimate of drug-likeness (QED) is 0.674. The molecule has 0 bridgehead atoms. The van der Waals surface area contributed by atoms with Crippen molar-refractivity contribution in [2.45, 2.75) is 12.5 Å². The van der Waals surface area contributed by atoms with Crippen molar-refractivity contribution in [1.82, 2.24) is 4.98 Å². The van der Waals surface area contributed by atoms with Crippen molar-refractivity contribution in [3.8, 4) is 0 Å². The van der Waals surface area contributed by atoms with E-state index in [0.717, 1.165) is 5.69 Å². The molecule has 1 atom stereocenters. The first-order chi connectivity index (χ1) is 4.83. The summed E-state index contributed by atoms with van der Waals surface area (Å²) in [6.07, 6.45) is 2.19. The van der Waals surface area contributed by atoms with Crippen LogP contribution in [0.2, 0.25) is 0 Å². The number of hydrogen-bond donors (Lipinski definition) is 1. The fourth-order valence-electron chi connectivity index (χ4n) is 0.605. The third-order valence-electron chi connectivity index (χ3n) is 1.06. The number of hydrogen-bond acceptors (Lipinski definition) is 4. The molecular weight excluding hydrogens is 148 g/mol. The van der Waals surface area contributed by atoms with Gasteiger partial charge in [0.15, 0.2) is 0 Å². The van der Waals surface area contributed by atoms with Gasteiger partial charge in [-0.1, -0.05) is 0 Å². The third kappa shape index (κ3) is 1.89. The van der Waals surface area contributed by atoms with Crippen LogP contribution in [-0.4, -0.2) is 17.3 Å². The van der Waals surface area contributed by atoms with Crippen LogP contribution in [0.4, 0.5) is 0 Å². The van der Waals surface area contributed by atoms with Crippen LogP contribution in [-0.2, 0) is 11.2 Å². The molecule has 0 aromatic carbocycles. The maximum atomic E-state index is 9.96. The molecule has 1 aromatic heterocycles. The minimum atomic E-state index is -0.526. The van der Waals surface area contributed by atoms with Gasteiger partial charge in [-0.05, 0) is 0 Å². The van der Waals surface area contributed by atoms with E-state index >= 15 is 0 Å². The molecule has 0 aliphatic rings. The molecule has 3 nitrogen and oxygen atoms in total. The first-order valence-corrected chi connectivity index (χ1v) is 3.77. The molecule has 0 aliphatic carbocycles. The summed E-state index contributed by atoms with van der Waals surface area (Å²) in [5.74, 6) is 0. The Hall–Kier alpha value is -0.740. The van der Waals surface area contributed by atoms with Crippen LogP contribution in [0.5, 0.6) is 0 Å². The second-order valence-electron chi connectivity index (χ2n) is 1.91. The molecule has 10 heavy (non-hydrogen) atoms. The molecule has 1 aromatic rings. The summed E-state index contributed by atoms with van der Waals surface area (Å²) in [6, 6.07) is -0.526. The third-order valence-corrected chi connectivity index (χ3v) is 1.70. The molecule has 0 saturated heterocycles. The van der Waals surface area contributed by atoms with Crippen LogP contribution in [0.15, 0.2) is 10.9 Å². The number of aromatic nitrogens is 1. The van der Waals surface area contributed by atoms with E-state index in [4.69, 9.17) is 5.73 Å². The van der Waals surface area contributed by atoms with Crippen molar-refractivity contribution in [3.63, 3.8) is 0 Å². The van der Waals surface area contributed by atoms with Gasteiger partial charge in [0.1, 0.15) is 0 Å². The SMILES string of the molecule is NC([C]=O)Cc1cscn1. The van der Waals surface area contributed by atoms with Gasteiger partial charge < -0.3 is 5.73 Å². The minimum Gasteiger partial charge on any atom is -0.321 e. The van der Waals surface area contributed by atoms with Crippen molar-refractivity contribution < 1.29 is 4.79 Å². The lowest BCUT2D eigenvalue weighted by atomic mass is 10.2. The molecule has 1 heterocycles. The van der Waals surface area contributed by atoms with Crippen LogP contribution >= 0.6 is 11.3 Å². The predicted molar refractivity (Wildman–Crippen MR) is 39.5 cm³/mol. The highest BCUT2D eigenvalue weighted by Gasteiger charge is 2.03. The molecule has 0 aliphatic heterocycles. The summed E-state index contributed by atoms with van der Waals surface area (Å²) >= 11 is 1.50. The van der Waals surface area contributed by atoms with Gasteiger partial charge in [0.05, 0.1) is 17.2 Å². The van der Waals surface area contributed by atoms with Gasteiger partial charge in [-0.25, -0.2) is 4.98 Å². The molecule has 53 valence electrons. The normalized spacial score (nSPS) is 12.9. The zero-order valence-corrected chi connectivity index (χ0v) is 6.10. The van der Waals surface area contributed by atoms with Gasteiger partial charge in [-0.15, -0.1) is 11.3 Å². The minimum absolute atomic E-state index is 0.493. The maximum absolute atomic E-state index is 9.96. The molecule has 0 fully saturated rings. The lowest BCUT2D eigenvalue weighted by Gasteiger charge is -1.96. The summed E-state index contributed by atoms with van der Waals surface area (Å²) in [5.41, 5.74) is 7.88. The van der Waals surface area contributed by atoms with Crippen molar-refractivity contribution >= 4 is 17.6 Å². The number of nitrogens with zero attached hydrogens (tertiary/aromatic N) is 1. The highest BCUT2D eigenvalue weighted by molar-refractivity contribution is 7.07. The van der Waals surface area contributed by atoms with Crippen LogP contribution in [0.25, 0.3) is 0 Å². The van der Waals surface area contributed by atoms with Crippen molar-refractivity contribution in [2.75, 3.05) is 0 Å². The lowest BCUT2D eigenvalue weighted by Crippen LogP contribution is -2.24. The van der Waals surface area contributed by atoms with E-state index in [1.807, 2.05) is 5.38 Å². The monoisotopic (exact) mass is 155 g/mol. The van der Waals surface area contributed by atoms with Crippen LogP contribution in [0.1, 0.15) is 5.69 Å². The molecule has 0 saturated carbocycles. The zero-order chi connectivity index (χ0) is 7.40. The zero-order valence-electron chi connectivity index (χ0n) is 5.28. The topological polar surface area (TPSA) is 56.0 Å². The van der Waals surface area contributed by atoms with E-state index in [2.05, 4.69) is 4.98 Å². The molecular formula is C6H7N2OS. The Bertz CT molecular complexity index is 198. The average Bonchev–Trinajstić information content (AvgIpc) is 2.40. The van der Waals surface area contributed by atoms with E-state index in [0.29, 0.717) is 6.42 Å². The maximum Gasteiger partial charge on any atom is 0.217 e. The largest absolute Gasteiger partial charge is 0.321 e. The first-order valence-electron chi connectivity index (χ1n) is 2.83. The van der Waals surface area contributed by atoms with Crippen LogP contribution in [0, 0.1) is 0 Å². The second-order valence-corrected chi connectivity index (χ2v) is 2.63. The van der Waals surface area contributed by atoms with Gasteiger partial charge in [0.2, 0.25) is 6.29 Å². The summed E-state index contributed by atoms with van der Waals surface area (Å²) in [5, 5.41) is 1.87. The van der Waals surface area contributed by atoms with Crippen LogP contribution in [0.3, 0.4) is 0 Å². The summed E-state index contributed by atoms with van der Waals surface area (Å²) < 4.78 is 0. The number of rotatable bonds is 3. The van der Waals surface area contributed by atoms with Gasteiger partial charge >= 0.3 is 0 Å². The van der Waals surface area contributed by atoms with E-state index < -0.39 is 6.04 Å². The van der Waals surface area contributed by atoms with E-state index in [9.17, 15) is 4.79 Å². The fraction of sp³-hybridized carbons (Fsp3) is 0.333. The van der Waals surface area contributed by atoms with E-state index in [1.165, 1.54) is 11.3 Å². The summed E-state index contributed by atoms with van der Waals surface area (Å²) in [4.78, 5) is 13.9. The molecule has 1 unspecified atom stereocenters. The average molecular weight is 155 g/mol. The molecule has 0 amide bonds. The van der Waals surface area contributed by atoms with Gasteiger partial charge in [-0.3, -0.25) is 4.79 Å². The van der Waals surface area contributed by atoms with E-state index in [1.54, 1.807) is 11.8 Å². The Labute approximate surface area is 62.9 Å². The molecule has 4 heteroatoms. The van der Waals surface area contributed by atoms with Gasteiger partial charge in [-0.2, -0.15) is 0 Å². The Morgan fingerprint density at radius 3 is 3.20 bits per heavy atom. The van der Waals surface area contributed by atoms with Crippen molar-refractivity contribution in [3.05, 3.63) is 16.6 Å². The first kappa shape index (κ1) is 7.37. The van der Waals surface area contributed by atoms with Crippen LogP contribution < -0.4 is 5.73 Å². The standard InChI is InChI=1S/C6H7N2OS/c7-5(2-9)1-6-3-10-4-8-6/h3-5H,1,7H2. The van der Waals surface area contributed by atoms with Crippen molar-refractivity contribution in [1.29, 1.82) is 0 Å². The number of thiazole rings is 1. The number of nitrogens with two attached hydrogens (primary N) is 1. The molecule has 2 N–H and O–H groups in total. The number of carbonyl (C=O) groups excluding carboxylic acids is 1. The summed E-state index contributed by atoms with van der Waals surface area (Å²) in [6.45, 7) is 0. The second kappa shape index (κ2) is 3.43. The molecule has 1 rings (SSSR count). The lowest BCUT2D eigenvalue weighted by molar-refractivity contribution is 0.540. The Balaban J connectivity index is 2.47. The molecule has 0 spiro atoms. The molecule has 1 radical (unpaired) electrons. The summed E-state index contributed by atoms with van der Waals surface area (Å²) in [7, 11) is 0. The van der Waals surface area contributed by atoms with Gasteiger partial charge in [0.25, 0.3) is 0 Å². The smallest absolute Gasteiger partial charge is 0.217 e. The van der Waals surface area contributed by atoms with Gasteiger partial charge in [0, 0.05) is 11.8 Å². The highest BCUT2D eigenvalue weighted by atomic mass is 32.1. The van der Waals surface area contributed by atoms with E-state index in [-0.39, 0.29) is 0 Å². The Kier molecular flexibility index (Phi) is 2.53. The highest BCUT2D eigenvalue weighted by Crippen LogP contribution is 2.01.